The molecule has 0 radical (unpaired) electrons. The third kappa shape index (κ3) is 3.65. The average Bonchev–Trinajstić information content (AvgIpc) is 2.92. The molecule has 1 aromatic heterocycles. The lowest BCUT2D eigenvalue weighted by Gasteiger charge is -2.29. The largest absolute Gasteiger partial charge is 0.362 e. The second-order valence-corrected chi connectivity index (χ2v) is 7.65. The predicted octanol–water partition coefficient (Wildman–Crippen LogP) is 3.48. The summed E-state index contributed by atoms with van der Waals surface area (Å²) in [6.07, 6.45) is 3.19. The number of nitrogens with zero attached hydrogens (tertiary/aromatic N) is 3. The van der Waals surface area contributed by atoms with Gasteiger partial charge in [-0.25, -0.2) is 0 Å². The molecule has 1 aliphatic rings. The Balaban J connectivity index is 1.71. The molecule has 2 heterocycles. The first kappa shape index (κ1) is 15.4. The molecular weight excluding hydrogens is 292 g/mol. The molecule has 0 bridgehead atoms. The van der Waals surface area contributed by atoms with Crippen molar-refractivity contribution in [2.45, 2.75) is 36.1 Å². The van der Waals surface area contributed by atoms with E-state index in [1.54, 1.807) is 0 Å². The maximum Gasteiger partial charge on any atom is 0.148 e. The number of fused-ring (bicyclic) bond motifs is 1. The number of benzene rings is 1. The number of hydrogen-bond donors (Lipinski definition) is 1. The second kappa shape index (κ2) is 6.75. The molecule has 0 spiro atoms. The average molecular weight is 316 g/mol. The van der Waals surface area contributed by atoms with Crippen molar-refractivity contribution in [1.82, 2.24) is 14.7 Å². The number of anilines is 1. The molecule has 3 rings (SSSR count). The van der Waals surface area contributed by atoms with Gasteiger partial charge in [-0.2, -0.15) is 5.10 Å². The van der Waals surface area contributed by atoms with Crippen molar-refractivity contribution in [3.05, 3.63) is 42.1 Å². The van der Waals surface area contributed by atoms with Crippen molar-refractivity contribution < 1.29 is 0 Å². The van der Waals surface area contributed by atoms with Crippen LogP contribution in [0.25, 0.3) is 0 Å². The van der Waals surface area contributed by atoms with Crippen LogP contribution < -0.4 is 5.32 Å². The summed E-state index contributed by atoms with van der Waals surface area (Å²) < 4.78 is 2.01. The van der Waals surface area contributed by atoms with Crippen molar-refractivity contribution in [1.29, 1.82) is 0 Å². The van der Waals surface area contributed by atoms with Crippen LogP contribution in [-0.2, 0) is 6.54 Å². The summed E-state index contributed by atoms with van der Waals surface area (Å²) in [4.78, 5) is 3.57. The van der Waals surface area contributed by atoms with Gasteiger partial charge in [0.2, 0.25) is 0 Å². The third-order valence-corrected chi connectivity index (χ3v) is 5.15. The smallest absolute Gasteiger partial charge is 0.148 e. The first-order valence-corrected chi connectivity index (χ1v) is 8.70. The van der Waals surface area contributed by atoms with Gasteiger partial charge in [0.25, 0.3) is 0 Å². The topological polar surface area (TPSA) is 33.1 Å². The predicted molar refractivity (Wildman–Crippen MR) is 93.5 cm³/mol. The van der Waals surface area contributed by atoms with Crippen LogP contribution in [0.15, 0.2) is 41.4 Å². The molecule has 4 nitrogen and oxygen atoms in total. The molecule has 0 saturated carbocycles. The highest BCUT2D eigenvalue weighted by molar-refractivity contribution is 8.00. The lowest BCUT2D eigenvalue weighted by molar-refractivity contribution is 0.373. The first-order valence-electron chi connectivity index (χ1n) is 7.82. The van der Waals surface area contributed by atoms with Crippen molar-refractivity contribution >= 4 is 17.6 Å². The van der Waals surface area contributed by atoms with Crippen molar-refractivity contribution in [2.75, 3.05) is 26.0 Å². The molecule has 0 amide bonds. The zero-order valence-corrected chi connectivity index (χ0v) is 14.3. The molecule has 0 fully saturated rings. The van der Waals surface area contributed by atoms with Gasteiger partial charge in [0.1, 0.15) is 5.82 Å². The van der Waals surface area contributed by atoms with Gasteiger partial charge in [-0.05, 0) is 32.1 Å². The minimum absolute atomic E-state index is 0.352. The van der Waals surface area contributed by atoms with E-state index >= 15 is 0 Å². The molecule has 0 aliphatic carbocycles. The van der Waals surface area contributed by atoms with E-state index in [1.807, 2.05) is 16.4 Å². The summed E-state index contributed by atoms with van der Waals surface area (Å²) in [5.41, 5.74) is 1.40. The monoisotopic (exact) mass is 316 g/mol. The number of aromatic nitrogens is 2. The van der Waals surface area contributed by atoms with E-state index in [0.29, 0.717) is 11.3 Å². The maximum atomic E-state index is 4.65. The van der Waals surface area contributed by atoms with E-state index in [1.165, 1.54) is 10.5 Å². The fraction of sp³-hybridized carbons (Fsp3) is 0.471. The van der Waals surface area contributed by atoms with Gasteiger partial charge in [-0.15, -0.1) is 11.8 Å². The third-order valence-electron chi connectivity index (χ3n) is 3.93. The summed E-state index contributed by atoms with van der Waals surface area (Å²) in [6.45, 7) is 4.22. The highest BCUT2D eigenvalue weighted by Gasteiger charge is 2.25. The lowest BCUT2D eigenvalue weighted by Crippen LogP contribution is -2.21. The molecule has 0 saturated heterocycles. The van der Waals surface area contributed by atoms with Gasteiger partial charge in [-0.3, -0.25) is 4.68 Å². The molecule has 0 unspecified atom stereocenters. The van der Waals surface area contributed by atoms with Gasteiger partial charge in [0, 0.05) is 29.0 Å². The number of nitrogens with one attached hydrogen (secondary N) is 1. The first-order chi connectivity index (χ1) is 10.6. The fourth-order valence-corrected chi connectivity index (χ4v) is 4.01. The van der Waals surface area contributed by atoms with Crippen LogP contribution in [0.4, 0.5) is 5.82 Å². The Kier molecular flexibility index (Phi) is 4.74. The van der Waals surface area contributed by atoms with Crippen LogP contribution in [0.2, 0.25) is 0 Å². The van der Waals surface area contributed by atoms with Crippen LogP contribution in [0, 0.1) is 0 Å². The standard InChI is InChI=1S/C17H24N4S/c1-13-12-15(14-6-4-5-7-16(14)22-13)18-17-8-9-21(19-17)11-10-20(2)3/h4-9,13,15H,10-12H2,1-3H3,(H,18,19)/t13-,15+/m0/s1. The number of thioether (sulfide) groups is 1. The van der Waals surface area contributed by atoms with Gasteiger partial charge in [0.05, 0.1) is 12.6 Å². The van der Waals surface area contributed by atoms with E-state index < -0.39 is 0 Å². The van der Waals surface area contributed by atoms with Gasteiger partial charge >= 0.3 is 0 Å². The van der Waals surface area contributed by atoms with E-state index in [4.69, 9.17) is 0 Å². The van der Waals surface area contributed by atoms with Crippen LogP contribution in [0.5, 0.6) is 0 Å². The highest BCUT2D eigenvalue weighted by Crippen LogP contribution is 2.41. The number of hydrogen-bond acceptors (Lipinski definition) is 4. The Morgan fingerprint density at radius 2 is 2.14 bits per heavy atom. The minimum Gasteiger partial charge on any atom is -0.362 e. The van der Waals surface area contributed by atoms with E-state index in [-0.39, 0.29) is 0 Å². The SMILES string of the molecule is C[C@H]1C[C@@H](Nc2ccn(CCN(C)C)n2)c2ccccc2S1. The quantitative estimate of drug-likeness (QED) is 0.915. The Bertz CT molecular complexity index is 623. The summed E-state index contributed by atoms with van der Waals surface area (Å²) in [5.74, 6) is 0.970. The van der Waals surface area contributed by atoms with Gasteiger partial charge < -0.3 is 10.2 Å². The van der Waals surface area contributed by atoms with Gasteiger partial charge in [0.15, 0.2) is 0 Å². The lowest BCUT2D eigenvalue weighted by atomic mass is 10.0. The van der Waals surface area contributed by atoms with Crippen molar-refractivity contribution in [3.63, 3.8) is 0 Å². The molecule has 2 atom stereocenters. The van der Waals surface area contributed by atoms with Crippen LogP contribution in [0.1, 0.15) is 24.9 Å². The maximum absolute atomic E-state index is 4.65. The Morgan fingerprint density at radius 1 is 1.32 bits per heavy atom. The molecule has 118 valence electrons. The van der Waals surface area contributed by atoms with E-state index in [2.05, 4.69) is 72.9 Å². The minimum atomic E-state index is 0.352. The summed E-state index contributed by atoms with van der Waals surface area (Å²) in [6, 6.07) is 11.1. The Labute approximate surface area is 136 Å². The zero-order chi connectivity index (χ0) is 15.5. The van der Waals surface area contributed by atoms with Crippen LogP contribution in [0.3, 0.4) is 0 Å². The fourth-order valence-electron chi connectivity index (χ4n) is 2.78. The second-order valence-electron chi connectivity index (χ2n) is 6.17. The molecular formula is C17H24N4S. The summed E-state index contributed by atoms with van der Waals surface area (Å²) in [7, 11) is 4.17. The molecule has 5 heteroatoms. The molecule has 2 aromatic rings. The van der Waals surface area contributed by atoms with E-state index in [9.17, 15) is 0 Å². The zero-order valence-electron chi connectivity index (χ0n) is 13.5. The molecule has 1 aromatic carbocycles. The van der Waals surface area contributed by atoms with Crippen molar-refractivity contribution in [2.24, 2.45) is 0 Å². The normalized spacial score (nSPS) is 20.9. The number of rotatable bonds is 5. The van der Waals surface area contributed by atoms with Crippen LogP contribution in [-0.4, -0.2) is 40.6 Å². The van der Waals surface area contributed by atoms with E-state index in [0.717, 1.165) is 25.3 Å². The molecule has 1 N–H and O–H groups in total. The summed E-state index contributed by atoms with van der Waals surface area (Å²) >= 11 is 1.97. The van der Waals surface area contributed by atoms with Gasteiger partial charge in [-0.1, -0.05) is 25.1 Å². The Morgan fingerprint density at radius 3 is 2.95 bits per heavy atom. The highest BCUT2D eigenvalue weighted by atomic mass is 32.2. The number of likely N-dealkylation sites (N-methyl/N-ethyl adjacent to an activating group) is 1. The Hall–Kier alpha value is -1.46. The van der Waals surface area contributed by atoms with Crippen molar-refractivity contribution in [3.8, 4) is 0 Å². The molecule has 22 heavy (non-hydrogen) atoms. The molecule has 1 aliphatic heterocycles. The summed E-state index contributed by atoms with van der Waals surface area (Å²) in [5, 5.41) is 8.89. The van der Waals surface area contributed by atoms with Crippen LogP contribution >= 0.6 is 11.8 Å².